The van der Waals surface area contributed by atoms with Crippen LogP contribution in [0.1, 0.15) is 44.6 Å². The SMILES string of the molecule is COc1ccc(COC(=O)C2=C(Sc3scnc3CO)CS[C@H]3[C@H](NC(=O)C(=NOC(c4ccccc4)(c4ccccc4)c4ccccc4)C4=CSCN4NC(c4ccccc4)(c4ccccc4)c4ccccc4)C(=O)N23)cc1. The molecule has 3 aliphatic heterocycles. The first-order valence-corrected chi connectivity index (χ1v) is 29.1. The number of nitrogens with one attached hydrogen (secondary N) is 2. The largest absolute Gasteiger partial charge is 0.497 e. The highest BCUT2D eigenvalue weighted by Gasteiger charge is 2.55. The van der Waals surface area contributed by atoms with Crippen LogP contribution in [0.2, 0.25) is 0 Å². The number of amides is 2. The number of oxime groups is 1. The maximum Gasteiger partial charge on any atom is 0.356 e. The van der Waals surface area contributed by atoms with Crippen LogP contribution in [0.4, 0.5) is 0 Å². The van der Waals surface area contributed by atoms with Gasteiger partial charge in [0, 0.05) is 32.8 Å². The zero-order chi connectivity index (χ0) is 54.2. The molecule has 1 fully saturated rings. The number of aliphatic hydroxyl groups excluding tert-OH is 1. The Kier molecular flexibility index (Phi) is 16.1. The third kappa shape index (κ3) is 10.6. The van der Waals surface area contributed by atoms with Gasteiger partial charge in [0.2, 0.25) is 5.60 Å². The molecule has 1 saturated heterocycles. The van der Waals surface area contributed by atoms with E-state index in [1.807, 2.05) is 156 Å². The van der Waals surface area contributed by atoms with Gasteiger partial charge in [-0.1, -0.05) is 211 Å². The molecule has 1 aromatic heterocycles. The first kappa shape index (κ1) is 53.1. The number of hydrazine groups is 1. The molecule has 0 bridgehead atoms. The zero-order valence-electron chi connectivity index (χ0n) is 42.6. The van der Waals surface area contributed by atoms with Gasteiger partial charge in [0.15, 0.2) is 5.71 Å². The number of fused-ring (bicyclic) bond motifs is 1. The van der Waals surface area contributed by atoms with Crippen molar-refractivity contribution >= 4 is 70.1 Å². The summed E-state index contributed by atoms with van der Waals surface area (Å²) in [7, 11) is 1.57. The van der Waals surface area contributed by atoms with Crippen LogP contribution in [-0.2, 0) is 48.3 Å². The minimum absolute atomic E-state index is 0.0648. The number of carbonyl (C=O) groups excluding carboxylic acids is 3. The van der Waals surface area contributed by atoms with Gasteiger partial charge in [-0.2, -0.15) is 0 Å². The second kappa shape index (κ2) is 24.0. The molecule has 13 nitrogen and oxygen atoms in total. The molecular formula is C62H52N6O7S4. The minimum Gasteiger partial charge on any atom is -0.497 e. The molecule has 2 atom stereocenters. The lowest BCUT2D eigenvalue weighted by Gasteiger charge is -2.49. The van der Waals surface area contributed by atoms with Gasteiger partial charge in [-0.3, -0.25) is 19.5 Å². The maximum absolute atomic E-state index is 15.7. The summed E-state index contributed by atoms with van der Waals surface area (Å²) in [6.45, 7) is -0.367. The Morgan fingerprint density at radius 2 is 1.25 bits per heavy atom. The van der Waals surface area contributed by atoms with E-state index in [1.54, 1.807) is 36.9 Å². The van der Waals surface area contributed by atoms with Gasteiger partial charge in [-0.05, 0) is 34.4 Å². The van der Waals surface area contributed by atoms with Crippen molar-refractivity contribution in [3.63, 3.8) is 0 Å². The summed E-state index contributed by atoms with van der Waals surface area (Å²) in [5.41, 5.74) is 9.83. The number of benzene rings is 7. The molecule has 0 aliphatic carbocycles. The van der Waals surface area contributed by atoms with Crippen molar-refractivity contribution in [3.8, 4) is 5.75 Å². The highest BCUT2D eigenvalue weighted by atomic mass is 32.2. The number of carbonyl (C=O) groups is 3. The van der Waals surface area contributed by atoms with Crippen molar-refractivity contribution in [3.05, 3.63) is 278 Å². The lowest BCUT2D eigenvalue weighted by Crippen LogP contribution is -2.71. The molecule has 3 N–H and O–H groups in total. The van der Waals surface area contributed by atoms with E-state index < -0.39 is 40.3 Å². The summed E-state index contributed by atoms with van der Waals surface area (Å²) in [4.78, 5) is 58.4. The summed E-state index contributed by atoms with van der Waals surface area (Å²) in [5.74, 6) is -0.603. The molecule has 0 unspecified atom stereocenters. The van der Waals surface area contributed by atoms with Crippen LogP contribution in [-0.4, -0.2) is 73.6 Å². The van der Waals surface area contributed by atoms with Gasteiger partial charge in [0.1, 0.15) is 35.0 Å². The quantitative estimate of drug-likeness (QED) is 0.0218. The number of methoxy groups -OCH3 is 1. The first-order chi connectivity index (χ1) is 38.8. The van der Waals surface area contributed by atoms with Crippen LogP contribution in [0.3, 0.4) is 0 Å². The summed E-state index contributed by atoms with van der Waals surface area (Å²) < 4.78 is 11.9. The maximum atomic E-state index is 15.7. The van der Waals surface area contributed by atoms with Gasteiger partial charge in [0.25, 0.3) is 11.8 Å². The van der Waals surface area contributed by atoms with Crippen LogP contribution in [0.25, 0.3) is 0 Å². The highest BCUT2D eigenvalue weighted by molar-refractivity contribution is 8.07. The summed E-state index contributed by atoms with van der Waals surface area (Å²) in [5, 5.41) is 21.3. The Hall–Kier alpha value is -7.90. The van der Waals surface area contributed by atoms with E-state index in [9.17, 15) is 14.7 Å². The molecule has 7 aromatic carbocycles. The molecule has 17 heteroatoms. The highest BCUT2D eigenvalue weighted by Crippen LogP contribution is 2.48. The van der Waals surface area contributed by atoms with Gasteiger partial charge in [0.05, 0.1) is 40.7 Å². The third-order valence-electron chi connectivity index (χ3n) is 13.8. The van der Waals surface area contributed by atoms with Crippen molar-refractivity contribution in [2.24, 2.45) is 5.16 Å². The van der Waals surface area contributed by atoms with Crippen molar-refractivity contribution in [1.29, 1.82) is 0 Å². The normalized spacial score (nSPS) is 16.4. The Morgan fingerprint density at radius 3 is 1.76 bits per heavy atom. The number of esters is 1. The van der Waals surface area contributed by atoms with E-state index >= 15 is 4.79 Å². The van der Waals surface area contributed by atoms with Gasteiger partial charge in [-0.15, -0.1) is 34.9 Å². The average molecular weight is 1120 g/mol. The number of rotatable bonds is 20. The van der Waals surface area contributed by atoms with E-state index in [0.717, 1.165) is 38.9 Å². The lowest BCUT2D eigenvalue weighted by molar-refractivity contribution is -0.153. The molecule has 0 spiro atoms. The Bertz CT molecular complexity index is 3330. The van der Waals surface area contributed by atoms with Gasteiger partial charge in [-0.25, -0.2) is 15.2 Å². The number of hydrogen-bond acceptors (Lipinski definition) is 15. The van der Waals surface area contributed by atoms with Crippen LogP contribution in [0, 0.1) is 0 Å². The van der Waals surface area contributed by atoms with Crippen molar-refractivity contribution in [2.75, 3.05) is 18.7 Å². The Balaban J connectivity index is 0.991. The second-order valence-electron chi connectivity index (χ2n) is 18.4. The lowest BCUT2D eigenvalue weighted by atomic mass is 9.77. The smallest absolute Gasteiger partial charge is 0.356 e. The van der Waals surface area contributed by atoms with Crippen molar-refractivity contribution < 1.29 is 33.8 Å². The number of nitrogens with zero attached hydrogens (tertiary/aromatic N) is 4. The van der Waals surface area contributed by atoms with E-state index in [0.29, 0.717) is 37.9 Å². The summed E-state index contributed by atoms with van der Waals surface area (Å²) in [6, 6.07) is 65.8. The molecule has 8 aromatic rings. The molecule has 0 radical (unpaired) electrons. The molecular weight excluding hydrogens is 1070 g/mol. The van der Waals surface area contributed by atoms with Crippen molar-refractivity contribution in [1.82, 2.24) is 25.6 Å². The average Bonchev–Trinajstić information content (AvgIpc) is 4.29. The number of β-lactam (4-membered cyclic amide) rings is 1. The van der Waals surface area contributed by atoms with Crippen molar-refractivity contribution in [2.45, 2.75) is 40.0 Å². The van der Waals surface area contributed by atoms with Gasteiger partial charge < -0.3 is 24.7 Å². The van der Waals surface area contributed by atoms with E-state index in [1.165, 1.54) is 51.5 Å². The minimum atomic E-state index is -1.38. The van der Waals surface area contributed by atoms with Crippen LogP contribution < -0.4 is 15.5 Å². The predicted octanol–water partition coefficient (Wildman–Crippen LogP) is 10.8. The Morgan fingerprint density at radius 1 is 0.734 bits per heavy atom. The predicted molar refractivity (Wildman–Crippen MR) is 311 cm³/mol. The monoisotopic (exact) mass is 1120 g/mol. The number of aromatic nitrogens is 1. The van der Waals surface area contributed by atoms with Gasteiger partial charge >= 0.3 is 5.97 Å². The molecule has 11 rings (SSSR count). The van der Waals surface area contributed by atoms with Crippen LogP contribution in [0.5, 0.6) is 5.75 Å². The molecule has 396 valence electrons. The summed E-state index contributed by atoms with van der Waals surface area (Å²) >= 11 is 5.47. The number of thioether (sulfide) groups is 3. The Labute approximate surface area is 474 Å². The van der Waals surface area contributed by atoms with Crippen LogP contribution >= 0.6 is 46.6 Å². The molecule has 0 saturated carbocycles. The summed E-state index contributed by atoms with van der Waals surface area (Å²) in [6.07, 6.45) is 0. The molecule has 79 heavy (non-hydrogen) atoms. The fourth-order valence-corrected chi connectivity index (χ4v) is 14.3. The number of ether oxygens (including phenoxy) is 2. The van der Waals surface area contributed by atoms with Crippen LogP contribution in [0.15, 0.2) is 243 Å². The fraction of sp³-hybridized carbons (Fsp3) is 0.145. The fourth-order valence-electron chi connectivity index (χ4n) is 9.92. The number of hydrogen-bond donors (Lipinski definition) is 3. The third-order valence-corrected chi connectivity index (χ3v) is 18.3. The number of thiazole rings is 1. The molecule has 2 amide bonds. The standard InChI is InChI=1S/C62H52N6O7S4/c1-73-49-34-32-42(33-35-49)37-74-59(72)55-52(79-60-50(36-69)63-40-78-60)39-77-58-54(57(71)68(55)58)64-56(70)53(65-75-62(46-26-14-5-15-27-46,47-28-16-6-17-29-47)48-30-18-7-19-31-48)51-38-76-41-67(51)66-61(43-20-8-2-9-21-43,44-22-10-3-11-23-44)45-24-12-4-13-25-45/h2-35,38,40,54,58,66,69H,36-37,39,41H2,1H3,(H,64,70)/t54-,58+/m1/s1. The number of aliphatic hydroxyl groups is 1. The zero-order valence-corrected chi connectivity index (χ0v) is 45.9. The van der Waals surface area contributed by atoms with E-state index in [2.05, 4.69) is 52.1 Å². The second-order valence-corrected chi connectivity index (χ2v) is 22.6. The van der Waals surface area contributed by atoms with E-state index in [4.69, 9.17) is 19.5 Å². The van der Waals surface area contributed by atoms with E-state index in [-0.39, 0.29) is 24.6 Å². The topological polar surface area (TPSA) is 155 Å². The first-order valence-electron chi connectivity index (χ1n) is 25.3. The molecule has 4 heterocycles. The molecule has 3 aliphatic rings.